The quantitative estimate of drug-likeness (QED) is 0.645. The number of nitrogens with zero attached hydrogens (tertiary/aromatic N) is 1. The number of aromatic nitrogens is 1. The van der Waals surface area contributed by atoms with Crippen molar-refractivity contribution in [3.8, 4) is 0 Å². The molecule has 124 valence electrons. The minimum Gasteiger partial charge on any atom is -0.452 e. The molecule has 2 aromatic rings. The largest absolute Gasteiger partial charge is 0.452 e. The van der Waals surface area contributed by atoms with Crippen LogP contribution in [0.2, 0.25) is 10.0 Å². The Hall–Kier alpha value is -2.37. The molecule has 2 rings (SSSR count). The lowest BCUT2D eigenvalue weighted by atomic mass is 10.1. The Bertz CT molecular complexity index is 791. The number of anilines is 1. The van der Waals surface area contributed by atoms with Gasteiger partial charge < -0.3 is 10.1 Å². The first-order valence-electron chi connectivity index (χ1n) is 6.96. The monoisotopic (exact) mass is 364 g/mol. The first-order valence-corrected chi connectivity index (χ1v) is 7.72. The standard InChI is InChI=1S/C17H14Cl2N2O3/c1-11-3-2-4-12(7-11)5-6-16(23)24-10-15(22)21-17-14(19)8-13(18)9-20-17/h2-9H,10H2,1H3,(H,20,21,22)/b6-5+. The Morgan fingerprint density at radius 2 is 2.08 bits per heavy atom. The number of halogens is 2. The third kappa shape index (κ3) is 5.68. The first-order chi connectivity index (χ1) is 11.4. The summed E-state index contributed by atoms with van der Waals surface area (Å²) in [6.45, 7) is 1.51. The lowest BCUT2D eigenvalue weighted by molar-refractivity contribution is -0.142. The second-order valence-electron chi connectivity index (χ2n) is 4.89. The van der Waals surface area contributed by atoms with Gasteiger partial charge in [0.1, 0.15) is 0 Å². The molecule has 1 aromatic heterocycles. The molecule has 0 spiro atoms. The highest BCUT2D eigenvalue weighted by Crippen LogP contribution is 2.22. The molecule has 1 aromatic carbocycles. The van der Waals surface area contributed by atoms with Crippen LogP contribution in [0, 0.1) is 6.92 Å². The lowest BCUT2D eigenvalue weighted by Gasteiger charge is -2.06. The van der Waals surface area contributed by atoms with Crippen molar-refractivity contribution in [3.63, 3.8) is 0 Å². The molecule has 0 saturated heterocycles. The van der Waals surface area contributed by atoms with Gasteiger partial charge in [-0.2, -0.15) is 0 Å². The predicted octanol–water partition coefficient (Wildman–Crippen LogP) is 3.89. The van der Waals surface area contributed by atoms with Gasteiger partial charge in [0.05, 0.1) is 10.0 Å². The van der Waals surface area contributed by atoms with Gasteiger partial charge in [-0.3, -0.25) is 4.79 Å². The van der Waals surface area contributed by atoms with Gasteiger partial charge in [0.2, 0.25) is 0 Å². The van der Waals surface area contributed by atoms with E-state index in [-0.39, 0.29) is 10.8 Å². The number of esters is 1. The Balaban J connectivity index is 1.83. The molecular formula is C17H14Cl2N2O3. The van der Waals surface area contributed by atoms with Crippen LogP contribution in [0.15, 0.2) is 42.6 Å². The molecule has 0 fully saturated rings. The van der Waals surface area contributed by atoms with Gasteiger partial charge in [-0.05, 0) is 24.6 Å². The Morgan fingerprint density at radius 1 is 1.29 bits per heavy atom. The topological polar surface area (TPSA) is 68.3 Å². The SMILES string of the molecule is Cc1cccc(/C=C/C(=O)OCC(=O)Nc2ncc(Cl)cc2Cl)c1. The normalized spacial score (nSPS) is 10.6. The number of hydrogen-bond donors (Lipinski definition) is 1. The van der Waals surface area contributed by atoms with Crippen molar-refractivity contribution in [2.24, 2.45) is 0 Å². The van der Waals surface area contributed by atoms with Crippen LogP contribution in [-0.4, -0.2) is 23.5 Å². The molecule has 1 N–H and O–H groups in total. The Morgan fingerprint density at radius 3 is 2.79 bits per heavy atom. The summed E-state index contributed by atoms with van der Waals surface area (Å²) in [7, 11) is 0. The Kier molecular flexibility index (Phi) is 6.35. The molecule has 24 heavy (non-hydrogen) atoms. The third-order valence-electron chi connectivity index (χ3n) is 2.87. The number of pyridine rings is 1. The molecule has 0 aliphatic rings. The summed E-state index contributed by atoms with van der Waals surface area (Å²) >= 11 is 11.6. The second kappa shape index (κ2) is 8.47. The molecule has 1 heterocycles. The Labute approximate surface area is 149 Å². The van der Waals surface area contributed by atoms with Crippen LogP contribution in [-0.2, 0) is 14.3 Å². The molecule has 0 unspecified atom stereocenters. The van der Waals surface area contributed by atoms with E-state index < -0.39 is 18.5 Å². The summed E-state index contributed by atoms with van der Waals surface area (Å²) in [5.41, 5.74) is 1.95. The zero-order valence-corrected chi connectivity index (χ0v) is 14.3. The average molecular weight is 365 g/mol. The number of rotatable bonds is 5. The molecule has 0 aliphatic carbocycles. The van der Waals surface area contributed by atoms with Crippen molar-refractivity contribution in [1.29, 1.82) is 0 Å². The highest BCUT2D eigenvalue weighted by molar-refractivity contribution is 6.36. The molecule has 0 aliphatic heterocycles. The van der Waals surface area contributed by atoms with E-state index in [1.807, 2.05) is 31.2 Å². The van der Waals surface area contributed by atoms with Crippen molar-refractivity contribution in [2.45, 2.75) is 6.92 Å². The van der Waals surface area contributed by atoms with Gasteiger partial charge in [0.25, 0.3) is 5.91 Å². The van der Waals surface area contributed by atoms with E-state index >= 15 is 0 Å². The fourth-order valence-electron chi connectivity index (χ4n) is 1.80. The summed E-state index contributed by atoms with van der Waals surface area (Å²) in [5, 5.41) is 2.98. The van der Waals surface area contributed by atoms with Crippen molar-refractivity contribution in [1.82, 2.24) is 4.98 Å². The zero-order valence-electron chi connectivity index (χ0n) is 12.8. The molecule has 0 bridgehead atoms. The summed E-state index contributed by atoms with van der Waals surface area (Å²) < 4.78 is 4.86. The fourth-order valence-corrected chi connectivity index (χ4v) is 2.22. The minimum absolute atomic E-state index is 0.150. The van der Waals surface area contributed by atoms with Crippen LogP contribution < -0.4 is 5.32 Å². The summed E-state index contributed by atoms with van der Waals surface area (Å²) in [6.07, 6.45) is 4.22. The van der Waals surface area contributed by atoms with Crippen LogP contribution >= 0.6 is 23.2 Å². The van der Waals surface area contributed by atoms with Gasteiger partial charge in [0.15, 0.2) is 12.4 Å². The fraction of sp³-hybridized carbons (Fsp3) is 0.118. The lowest BCUT2D eigenvalue weighted by Crippen LogP contribution is -2.20. The molecule has 0 saturated carbocycles. The average Bonchev–Trinajstić information content (AvgIpc) is 2.54. The summed E-state index contributed by atoms with van der Waals surface area (Å²) in [4.78, 5) is 27.2. The maximum atomic E-state index is 11.7. The smallest absolute Gasteiger partial charge is 0.331 e. The number of carbonyl (C=O) groups is 2. The molecule has 7 heteroatoms. The van der Waals surface area contributed by atoms with E-state index in [0.717, 1.165) is 11.1 Å². The predicted molar refractivity (Wildman–Crippen MR) is 94.1 cm³/mol. The summed E-state index contributed by atoms with van der Waals surface area (Å²) in [6, 6.07) is 9.07. The third-order valence-corrected chi connectivity index (χ3v) is 3.36. The number of amides is 1. The highest BCUT2D eigenvalue weighted by atomic mass is 35.5. The molecule has 1 amide bonds. The van der Waals surface area contributed by atoms with E-state index in [4.69, 9.17) is 27.9 Å². The number of hydrogen-bond acceptors (Lipinski definition) is 4. The van der Waals surface area contributed by atoms with Gasteiger partial charge in [-0.15, -0.1) is 0 Å². The van der Waals surface area contributed by atoms with E-state index in [1.165, 1.54) is 18.3 Å². The van der Waals surface area contributed by atoms with Crippen molar-refractivity contribution in [2.75, 3.05) is 11.9 Å². The van der Waals surface area contributed by atoms with Crippen LogP contribution in [0.3, 0.4) is 0 Å². The molecule has 0 radical (unpaired) electrons. The van der Waals surface area contributed by atoms with Crippen LogP contribution in [0.5, 0.6) is 0 Å². The van der Waals surface area contributed by atoms with Crippen molar-refractivity contribution < 1.29 is 14.3 Å². The van der Waals surface area contributed by atoms with Crippen LogP contribution in [0.25, 0.3) is 6.08 Å². The van der Waals surface area contributed by atoms with Gasteiger partial charge >= 0.3 is 5.97 Å². The van der Waals surface area contributed by atoms with E-state index in [1.54, 1.807) is 6.08 Å². The van der Waals surface area contributed by atoms with E-state index in [9.17, 15) is 9.59 Å². The number of aryl methyl sites for hydroxylation is 1. The van der Waals surface area contributed by atoms with Crippen LogP contribution in [0.4, 0.5) is 5.82 Å². The molecule has 5 nitrogen and oxygen atoms in total. The van der Waals surface area contributed by atoms with E-state index in [0.29, 0.717) is 5.02 Å². The van der Waals surface area contributed by atoms with Crippen molar-refractivity contribution in [3.05, 3.63) is 63.8 Å². The van der Waals surface area contributed by atoms with Gasteiger partial charge in [-0.25, -0.2) is 9.78 Å². The number of nitrogens with one attached hydrogen (secondary N) is 1. The molecular weight excluding hydrogens is 351 g/mol. The zero-order chi connectivity index (χ0) is 17.5. The molecule has 0 atom stereocenters. The maximum Gasteiger partial charge on any atom is 0.331 e. The highest BCUT2D eigenvalue weighted by Gasteiger charge is 2.09. The number of ether oxygens (including phenoxy) is 1. The minimum atomic E-state index is -0.623. The van der Waals surface area contributed by atoms with Gasteiger partial charge in [-0.1, -0.05) is 53.0 Å². The van der Waals surface area contributed by atoms with E-state index in [2.05, 4.69) is 10.3 Å². The van der Waals surface area contributed by atoms with Gasteiger partial charge in [0, 0.05) is 12.3 Å². The maximum absolute atomic E-state index is 11.7. The first kappa shape index (κ1) is 18.0. The van der Waals surface area contributed by atoms with Crippen LogP contribution in [0.1, 0.15) is 11.1 Å². The second-order valence-corrected chi connectivity index (χ2v) is 5.73. The van der Waals surface area contributed by atoms with Crippen molar-refractivity contribution >= 4 is 47.0 Å². The summed E-state index contributed by atoms with van der Waals surface area (Å²) in [5.74, 6) is -1.02. The number of carbonyl (C=O) groups excluding carboxylic acids is 2. The number of benzene rings is 1.